The van der Waals surface area contributed by atoms with Gasteiger partial charge in [0.25, 0.3) is 5.91 Å². The molecular weight excluding hydrogens is 385 g/mol. The number of hydrogen-bond donors (Lipinski definition) is 1. The summed E-state index contributed by atoms with van der Waals surface area (Å²) in [6, 6.07) is 4.50. The number of amides is 1. The van der Waals surface area contributed by atoms with Crippen molar-refractivity contribution in [3.63, 3.8) is 0 Å². The number of halogens is 2. The molecule has 9 heteroatoms. The van der Waals surface area contributed by atoms with Crippen LogP contribution < -0.4 is 15.0 Å². The molecule has 1 aliphatic rings. The van der Waals surface area contributed by atoms with Gasteiger partial charge in [0.15, 0.2) is 0 Å². The first kappa shape index (κ1) is 18.5. The van der Waals surface area contributed by atoms with Gasteiger partial charge in [0.05, 0.1) is 41.1 Å². The Morgan fingerprint density at radius 3 is 2.82 bits per heavy atom. The minimum absolute atomic E-state index is 0.00679. The smallest absolute Gasteiger partial charge is 0.254 e. The largest absolute Gasteiger partial charge is 0.481 e. The number of aromatic nitrogens is 3. The van der Waals surface area contributed by atoms with Gasteiger partial charge in [-0.2, -0.15) is 5.10 Å². The molecule has 1 aliphatic heterocycles. The lowest BCUT2D eigenvalue weighted by Gasteiger charge is -2.41. The number of benzene rings is 1. The van der Waals surface area contributed by atoms with Crippen LogP contribution in [0.1, 0.15) is 16.1 Å². The van der Waals surface area contributed by atoms with E-state index in [0.717, 1.165) is 11.4 Å². The summed E-state index contributed by atoms with van der Waals surface area (Å²) >= 11 is 6.20. The molecule has 0 saturated carbocycles. The Hall–Kier alpha value is -2.87. The molecule has 1 amide bonds. The first-order valence-electron chi connectivity index (χ1n) is 8.75. The van der Waals surface area contributed by atoms with Crippen LogP contribution in [0.15, 0.2) is 24.4 Å². The Balaban J connectivity index is 1.46. The number of aryl methyl sites for hydroxylation is 2. The van der Waals surface area contributed by atoms with Gasteiger partial charge in [-0.25, -0.2) is 9.37 Å². The van der Waals surface area contributed by atoms with Crippen molar-refractivity contribution in [1.29, 1.82) is 0 Å². The molecular formula is C19H19ClFN5O2. The molecule has 1 aromatic carbocycles. The van der Waals surface area contributed by atoms with Crippen molar-refractivity contribution >= 4 is 34.1 Å². The third-order valence-electron chi connectivity index (χ3n) is 5.04. The van der Waals surface area contributed by atoms with Crippen molar-refractivity contribution in [2.45, 2.75) is 13.0 Å². The summed E-state index contributed by atoms with van der Waals surface area (Å²) in [7, 11) is 3.32. The van der Waals surface area contributed by atoms with Gasteiger partial charge in [-0.1, -0.05) is 11.6 Å². The fourth-order valence-electron chi connectivity index (χ4n) is 3.31. The maximum Gasteiger partial charge on any atom is 0.254 e. The van der Waals surface area contributed by atoms with E-state index >= 15 is 0 Å². The van der Waals surface area contributed by atoms with E-state index in [2.05, 4.69) is 15.4 Å². The second-order valence-electron chi connectivity index (χ2n) is 6.81. The molecule has 3 aromatic rings. The zero-order valence-corrected chi connectivity index (χ0v) is 16.4. The fourth-order valence-corrected chi connectivity index (χ4v) is 3.54. The van der Waals surface area contributed by atoms with Gasteiger partial charge in [0.2, 0.25) is 5.88 Å². The standard InChI is InChI=1S/C19H19ClFN5O2/c1-10-12-4-15(21)13(5-16(12)24-25(10)2)19(27)23-11-8-26(9-11)17-6-18(28-3)22-7-14(17)20/h4-7,11H,8-9H2,1-3H3,(H,23,27). The van der Waals surface area contributed by atoms with E-state index in [1.54, 1.807) is 17.8 Å². The Bertz CT molecular complexity index is 1080. The maximum absolute atomic E-state index is 14.5. The van der Waals surface area contributed by atoms with Gasteiger partial charge in [-0.15, -0.1) is 0 Å². The van der Waals surface area contributed by atoms with Crippen LogP contribution in [0, 0.1) is 12.7 Å². The highest BCUT2D eigenvalue weighted by atomic mass is 35.5. The van der Waals surface area contributed by atoms with E-state index in [1.807, 2.05) is 11.8 Å². The fraction of sp³-hybridized carbons (Fsp3) is 0.316. The monoisotopic (exact) mass is 403 g/mol. The van der Waals surface area contributed by atoms with E-state index < -0.39 is 11.7 Å². The Labute approximate surface area is 166 Å². The van der Waals surface area contributed by atoms with E-state index in [1.165, 1.54) is 25.4 Å². The average Bonchev–Trinajstić information content (AvgIpc) is 2.91. The summed E-state index contributed by atoms with van der Waals surface area (Å²) < 4.78 is 21.3. The topological polar surface area (TPSA) is 72.3 Å². The number of rotatable bonds is 4. The quantitative estimate of drug-likeness (QED) is 0.725. The third kappa shape index (κ3) is 3.13. The Morgan fingerprint density at radius 2 is 2.11 bits per heavy atom. The summed E-state index contributed by atoms with van der Waals surface area (Å²) in [4.78, 5) is 18.6. The molecule has 3 heterocycles. The molecule has 0 unspecified atom stereocenters. The number of pyridine rings is 1. The molecule has 4 rings (SSSR count). The predicted molar refractivity (Wildman–Crippen MR) is 105 cm³/mol. The van der Waals surface area contributed by atoms with Crippen molar-refractivity contribution in [1.82, 2.24) is 20.1 Å². The lowest BCUT2D eigenvalue weighted by Crippen LogP contribution is -2.59. The normalized spacial score (nSPS) is 14.2. The number of carbonyl (C=O) groups is 1. The van der Waals surface area contributed by atoms with Crippen LogP contribution in [0.3, 0.4) is 0 Å². The maximum atomic E-state index is 14.5. The van der Waals surface area contributed by atoms with Gasteiger partial charge in [-0.3, -0.25) is 9.48 Å². The Kier molecular flexibility index (Phi) is 4.58. The van der Waals surface area contributed by atoms with Crippen LogP contribution in [0.2, 0.25) is 5.02 Å². The summed E-state index contributed by atoms with van der Waals surface area (Å²) in [5, 5.41) is 8.39. The molecule has 7 nitrogen and oxygen atoms in total. The lowest BCUT2D eigenvalue weighted by molar-refractivity contribution is 0.0926. The highest BCUT2D eigenvalue weighted by Gasteiger charge is 2.31. The molecule has 0 aliphatic carbocycles. The van der Waals surface area contributed by atoms with Crippen LogP contribution in [-0.4, -0.2) is 46.9 Å². The van der Waals surface area contributed by atoms with E-state index in [4.69, 9.17) is 16.3 Å². The molecule has 2 aromatic heterocycles. The minimum atomic E-state index is -0.556. The summed E-state index contributed by atoms with van der Waals surface area (Å²) in [6.45, 7) is 2.98. The number of nitrogens with zero attached hydrogens (tertiary/aromatic N) is 4. The van der Waals surface area contributed by atoms with Gasteiger partial charge in [-0.05, 0) is 19.1 Å². The molecule has 146 valence electrons. The van der Waals surface area contributed by atoms with Crippen LogP contribution in [-0.2, 0) is 7.05 Å². The highest BCUT2D eigenvalue weighted by Crippen LogP contribution is 2.31. The molecule has 1 N–H and O–H groups in total. The van der Waals surface area contributed by atoms with Gasteiger partial charge in [0.1, 0.15) is 5.82 Å². The SMILES string of the molecule is COc1cc(N2CC(NC(=O)c3cc4nn(C)c(C)c4cc3F)C2)c(Cl)cn1. The van der Waals surface area contributed by atoms with E-state index in [-0.39, 0.29) is 11.6 Å². The van der Waals surface area contributed by atoms with Crippen LogP contribution in [0.4, 0.5) is 10.1 Å². The number of fused-ring (bicyclic) bond motifs is 1. The summed E-state index contributed by atoms with van der Waals surface area (Å²) in [5.74, 6) is -0.544. The molecule has 0 radical (unpaired) electrons. The minimum Gasteiger partial charge on any atom is -0.481 e. The highest BCUT2D eigenvalue weighted by molar-refractivity contribution is 6.33. The molecule has 1 saturated heterocycles. The average molecular weight is 404 g/mol. The van der Waals surface area contributed by atoms with Crippen LogP contribution in [0.5, 0.6) is 5.88 Å². The molecule has 0 atom stereocenters. The third-order valence-corrected chi connectivity index (χ3v) is 5.33. The van der Waals surface area contributed by atoms with Crippen molar-refractivity contribution in [2.24, 2.45) is 7.05 Å². The number of hydrogen-bond acceptors (Lipinski definition) is 5. The molecule has 1 fully saturated rings. The first-order chi connectivity index (χ1) is 13.4. The lowest BCUT2D eigenvalue weighted by atomic mass is 10.1. The summed E-state index contributed by atoms with van der Waals surface area (Å²) in [6.07, 6.45) is 1.53. The van der Waals surface area contributed by atoms with Gasteiger partial charge in [0, 0.05) is 37.3 Å². The molecule has 0 spiro atoms. The Morgan fingerprint density at radius 1 is 1.36 bits per heavy atom. The number of ether oxygens (including phenoxy) is 1. The number of anilines is 1. The second-order valence-corrected chi connectivity index (χ2v) is 7.22. The van der Waals surface area contributed by atoms with Crippen LogP contribution in [0.25, 0.3) is 10.9 Å². The predicted octanol–water partition coefficient (Wildman–Crippen LogP) is 2.70. The molecule has 28 heavy (non-hydrogen) atoms. The van der Waals surface area contributed by atoms with Crippen molar-refractivity contribution in [3.05, 3.63) is 46.5 Å². The second kappa shape index (κ2) is 6.94. The zero-order chi connectivity index (χ0) is 20.0. The van der Waals surface area contributed by atoms with Crippen molar-refractivity contribution in [3.8, 4) is 5.88 Å². The number of carbonyl (C=O) groups excluding carboxylic acids is 1. The zero-order valence-electron chi connectivity index (χ0n) is 15.7. The molecule has 0 bridgehead atoms. The first-order valence-corrected chi connectivity index (χ1v) is 9.13. The van der Waals surface area contributed by atoms with Gasteiger partial charge >= 0.3 is 0 Å². The van der Waals surface area contributed by atoms with E-state index in [0.29, 0.717) is 34.9 Å². The van der Waals surface area contributed by atoms with Crippen LogP contribution >= 0.6 is 11.6 Å². The van der Waals surface area contributed by atoms with Crippen molar-refractivity contribution in [2.75, 3.05) is 25.1 Å². The van der Waals surface area contributed by atoms with Crippen molar-refractivity contribution < 1.29 is 13.9 Å². The van der Waals surface area contributed by atoms with Gasteiger partial charge < -0.3 is 15.0 Å². The number of methoxy groups -OCH3 is 1. The summed E-state index contributed by atoms with van der Waals surface area (Å²) in [5.41, 5.74) is 2.22. The number of nitrogens with one attached hydrogen (secondary N) is 1. The van der Waals surface area contributed by atoms with E-state index in [9.17, 15) is 9.18 Å².